The molecule has 14 heavy (non-hydrogen) atoms. The van der Waals surface area contributed by atoms with Gasteiger partial charge in [-0.2, -0.15) is 0 Å². The van der Waals surface area contributed by atoms with Crippen LogP contribution in [0, 0.1) is 0 Å². The van der Waals surface area contributed by atoms with E-state index in [1.165, 1.54) is 0 Å². The number of hydrogen-bond donors (Lipinski definition) is 1. The first kappa shape index (κ1) is 9.18. The standard InChI is InChI=1S/C9H8ClN3O/c10-7-1-2-9(12-8(7)5-14)13-4-3-11-6-13/h1-4,6,14H,5H2. The Morgan fingerprint density at radius 1 is 1.43 bits per heavy atom. The van der Waals surface area contributed by atoms with Gasteiger partial charge in [0.25, 0.3) is 0 Å². The predicted molar refractivity (Wildman–Crippen MR) is 52.3 cm³/mol. The molecule has 1 N–H and O–H groups in total. The zero-order chi connectivity index (χ0) is 9.97. The lowest BCUT2D eigenvalue weighted by Gasteiger charge is -2.04. The van der Waals surface area contributed by atoms with E-state index >= 15 is 0 Å². The summed E-state index contributed by atoms with van der Waals surface area (Å²) in [5.41, 5.74) is 0.470. The average molecular weight is 210 g/mol. The molecular formula is C9H8ClN3O. The number of hydrogen-bond acceptors (Lipinski definition) is 3. The van der Waals surface area contributed by atoms with Crippen molar-refractivity contribution in [2.45, 2.75) is 6.61 Å². The van der Waals surface area contributed by atoms with Crippen molar-refractivity contribution in [1.29, 1.82) is 0 Å². The fourth-order valence-electron chi connectivity index (χ4n) is 1.12. The summed E-state index contributed by atoms with van der Waals surface area (Å²) in [6.45, 7) is -0.165. The summed E-state index contributed by atoms with van der Waals surface area (Å²) >= 11 is 5.81. The Balaban J connectivity index is 2.46. The molecule has 2 aromatic rings. The van der Waals surface area contributed by atoms with Crippen LogP contribution in [0.5, 0.6) is 0 Å². The minimum absolute atomic E-state index is 0.165. The van der Waals surface area contributed by atoms with E-state index in [0.717, 1.165) is 0 Å². The van der Waals surface area contributed by atoms with E-state index in [4.69, 9.17) is 16.7 Å². The summed E-state index contributed by atoms with van der Waals surface area (Å²) in [5.74, 6) is 0.691. The lowest BCUT2D eigenvalue weighted by atomic mass is 10.3. The maximum absolute atomic E-state index is 8.97. The molecule has 0 fully saturated rings. The molecule has 0 aliphatic carbocycles. The molecule has 72 valence electrons. The average Bonchev–Trinajstić information content (AvgIpc) is 2.71. The number of imidazole rings is 1. The van der Waals surface area contributed by atoms with Gasteiger partial charge in [0.15, 0.2) is 0 Å². The van der Waals surface area contributed by atoms with E-state index in [9.17, 15) is 0 Å². The number of nitrogens with zero attached hydrogens (tertiary/aromatic N) is 3. The molecule has 2 rings (SSSR count). The number of halogens is 1. The van der Waals surface area contributed by atoms with Crippen LogP contribution in [0.1, 0.15) is 5.69 Å². The summed E-state index contributed by atoms with van der Waals surface area (Å²) in [5, 5.41) is 9.44. The Kier molecular flexibility index (Phi) is 2.47. The fraction of sp³-hybridized carbons (Fsp3) is 0.111. The largest absolute Gasteiger partial charge is 0.390 e. The van der Waals surface area contributed by atoms with Gasteiger partial charge in [0.1, 0.15) is 12.1 Å². The van der Waals surface area contributed by atoms with Gasteiger partial charge < -0.3 is 5.11 Å². The molecule has 0 aliphatic rings. The summed E-state index contributed by atoms with van der Waals surface area (Å²) < 4.78 is 1.75. The van der Waals surface area contributed by atoms with Gasteiger partial charge in [-0.05, 0) is 12.1 Å². The third kappa shape index (κ3) is 1.62. The zero-order valence-corrected chi connectivity index (χ0v) is 8.02. The van der Waals surface area contributed by atoms with Crippen molar-refractivity contribution in [2.24, 2.45) is 0 Å². The third-order valence-electron chi connectivity index (χ3n) is 1.82. The zero-order valence-electron chi connectivity index (χ0n) is 7.26. The van der Waals surface area contributed by atoms with Gasteiger partial charge in [-0.3, -0.25) is 4.57 Å². The monoisotopic (exact) mass is 209 g/mol. The first-order valence-corrected chi connectivity index (χ1v) is 4.43. The Hall–Kier alpha value is -1.39. The topological polar surface area (TPSA) is 50.9 Å². The molecule has 0 aromatic carbocycles. The highest BCUT2D eigenvalue weighted by Gasteiger charge is 2.03. The Morgan fingerprint density at radius 3 is 2.93 bits per heavy atom. The van der Waals surface area contributed by atoms with E-state index in [0.29, 0.717) is 16.5 Å². The predicted octanol–water partition coefficient (Wildman–Crippen LogP) is 1.41. The van der Waals surface area contributed by atoms with Crippen LogP contribution in [-0.2, 0) is 6.61 Å². The van der Waals surface area contributed by atoms with Gasteiger partial charge >= 0.3 is 0 Å². The highest BCUT2D eigenvalue weighted by atomic mass is 35.5. The second kappa shape index (κ2) is 3.77. The minimum Gasteiger partial charge on any atom is -0.390 e. The van der Waals surface area contributed by atoms with E-state index in [1.54, 1.807) is 35.4 Å². The van der Waals surface area contributed by atoms with Crippen molar-refractivity contribution in [3.8, 4) is 5.82 Å². The summed E-state index contributed by atoms with van der Waals surface area (Å²) in [6, 6.07) is 3.47. The van der Waals surface area contributed by atoms with Crippen molar-refractivity contribution in [1.82, 2.24) is 14.5 Å². The lowest BCUT2D eigenvalue weighted by molar-refractivity contribution is 0.277. The Morgan fingerprint density at radius 2 is 2.29 bits per heavy atom. The van der Waals surface area contributed by atoms with Gasteiger partial charge in [0.05, 0.1) is 17.3 Å². The highest BCUT2D eigenvalue weighted by Crippen LogP contribution is 2.15. The van der Waals surface area contributed by atoms with Crippen molar-refractivity contribution >= 4 is 11.6 Å². The molecule has 2 heterocycles. The van der Waals surface area contributed by atoms with E-state index in [2.05, 4.69) is 9.97 Å². The molecule has 0 aliphatic heterocycles. The second-order valence-corrected chi connectivity index (χ2v) is 3.13. The highest BCUT2D eigenvalue weighted by molar-refractivity contribution is 6.31. The Labute approximate surface area is 85.8 Å². The first-order valence-electron chi connectivity index (χ1n) is 4.06. The van der Waals surface area contributed by atoms with Crippen LogP contribution in [0.2, 0.25) is 5.02 Å². The summed E-state index contributed by atoms with van der Waals surface area (Å²) in [7, 11) is 0. The smallest absolute Gasteiger partial charge is 0.138 e. The molecule has 0 unspecified atom stereocenters. The molecule has 5 heteroatoms. The van der Waals surface area contributed by atoms with Crippen LogP contribution < -0.4 is 0 Å². The first-order chi connectivity index (χ1) is 6.81. The summed E-state index contributed by atoms with van der Waals surface area (Å²) in [4.78, 5) is 8.08. The Bertz CT molecular complexity index is 428. The molecule has 2 aromatic heterocycles. The maximum atomic E-state index is 8.97. The van der Waals surface area contributed by atoms with Gasteiger partial charge in [-0.25, -0.2) is 9.97 Å². The normalized spacial score (nSPS) is 10.4. The molecule has 0 radical (unpaired) electrons. The van der Waals surface area contributed by atoms with Crippen LogP contribution in [0.25, 0.3) is 5.82 Å². The molecule has 0 amide bonds. The van der Waals surface area contributed by atoms with Crippen LogP contribution >= 0.6 is 11.6 Å². The van der Waals surface area contributed by atoms with E-state index in [-0.39, 0.29) is 6.61 Å². The molecule has 0 bridgehead atoms. The van der Waals surface area contributed by atoms with Gasteiger partial charge in [-0.15, -0.1) is 0 Å². The molecule has 0 saturated carbocycles. The third-order valence-corrected chi connectivity index (χ3v) is 2.17. The lowest BCUT2D eigenvalue weighted by Crippen LogP contribution is -1.98. The van der Waals surface area contributed by atoms with Crippen molar-refractivity contribution < 1.29 is 5.11 Å². The van der Waals surface area contributed by atoms with E-state index < -0.39 is 0 Å². The molecule has 0 spiro atoms. The van der Waals surface area contributed by atoms with Crippen LogP contribution in [-0.4, -0.2) is 19.6 Å². The van der Waals surface area contributed by atoms with Gasteiger partial charge in [-0.1, -0.05) is 11.6 Å². The van der Waals surface area contributed by atoms with E-state index in [1.807, 2.05) is 0 Å². The number of aliphatic hydroxyl groups is 1. The van der Waals surface area contributed by atoms with Gasteiger partial charge in [0, 0.05) is 12.4 Å². The minimum atomic E-state index is -0.165. The molecule has 0 atom stereocenters. The second-order valence-electron chi connectivity index (χ2n) is 2.73. The number of aromatic nitrogens is 3. The summed E-state index contributed by atoms with van der Waals surface area (Å²) in [6.07, 6.45) is 5.07. The molecule has 0 saturated heterocycles. The molecule has 4 nitrogen and oxygen atoms in total. The van der Waals surface area contributed by atoms with Crippen LogP contribution in [0.3, 0.4) is 0 Å². The number of pyridine rings is 1. The van der Waals surface area contributed by atoms with Gasteiger partial charge in [0.2, 0.25) is 0 Å². The van der Waals surface area contributed by atoms with Crippen molar-refractivity contribution in [3.63, 3.8) is 0 Å². The SMILES string of the molecule is OCc1nc(-n2ccnc2)ccc1Cl. The number of rotatable bonds is 2. The van der Waals surface area contributed by atoms with Crippen LogP contribution in [0.15, 0.2) is 30.9 Å². The maximum Gasteiger partial charge on any atom is 0.138 e. The van der Waals surface area contributed by atoms with Crippen molar-refractivity contribution in [2.75, 3.05) is 0 Å². The molecular weight excluding hydrogens is 202 g/mol. The fourth-order valence-corrected chi connectivity index (χ4v) is 1.29. The van der Waals surface area contributed by atoms with Crippen molar-refractivity contribution in [3.05, 3.63) is 41.6 Å². The quantitative estimate of drug-likeness (QED) is 0.814. The van der Waals surface area contributed by atoms with Crippen LogP contribution in [0.4, 0.5) is 0 Å². The number of aliphatic hydroxyl groups excluding tert-OH is 1.